The molecule has 2 unspecified atom stereocenters. The zero-order valence-electron chi connectivity index (χ0n) is 21.3. The third-order valence-electron chi connectivity index (χ3n) is 7.65. The smallest absolute Gasteiger partial charge is 0.408 e. The minimum Gasteiger partial charge on any atom is -0.497 e. The van der Waals surface area contributed by atoms with Crippen LogP contribution in [0, 0.1) is 5.92 Å². The monoisotopic (exact) mass is 498 g/mol. The Balaban J connectivity index is 1.18. The zero-order chi connectivity index (χ0) is 25.7. The SMILES string of the molecule is COc1ccc(CCNC(=O)OC2(c3ccccc3)CCN(C(=O)C3CC3c3ccccc3)CC2)cc1. The summed E-state index contributed by atoms with van der Waals surface area (Å²) >= 11 is 0. The van der Waals surface area contributed by atoms with Crippen molar-refractivity contribution in [2.45, 2.75) is 37.2 Å². The molecule has 1 N–H and O–H groups in total. The molecule has 0 bridgehead atoms. The van der Waals surface area contributed by atoms with Gasteiger partial charge in [0, 0.05) is 38.4 Å². The Morgan fingerprint density at radius 2 is 1.57 bits per heavy atom. The topological polar surface area (TPSA) is 67.9 Å². The van der Waals surface area contributed by atoms with Crippen molar-refractivity contribution in [3.8, 4) is 5.75 Å². The molecule has 3 aromatic carbocycles. The summed E-state index contributed by atoms with van der Waals surface area (Å²) in [5.74, 6) is 1.42. The van der Waals surface area contributed by atoms with E-state index in [-0.39, 0.29) is 11.8 Å². The van der Waals surface area contributed by atoms with Crippen molar-refractivity contribution in [1.82, 2.24) is 10.2 Å². The summed E-state index contributed by atoms with van der Waals surface area (Å²) in [5.41, 5.74) is 2.58. The summed E-state index contributed by atoms with van der Waals surface area (Å²) < 4.78 is 11.3. The standard InChI is InChI=1S/C31H34N2O4/c1-36-26-14-12-23(13-15-26)16-19-32-30(35)37-31(25-10-6-3-7-11-25)17-20-33(21-18-31)29(34)28-22-27(28)24-8-4-2-5-9-24/h2-15,27-28H,16-22H2,1H3,(H,32,35). The first-order valence-electron chi connectivity index (χ1n) is 13.1. The van der Waals surface area contributed by atoms with Crippen LogP contribution in [0.1, 0.15) is 41.9 Å². The Bertz CT molecular complexity index is 1190. The van der Waals surface area contributed by atoms with Gasteiger partial charge >= 0.3 is 6.09 Å². The molecule has 6 heteroatoms. The first-order chi connectivity index (χ1) is 18.1. The van der Waals surface area contributed by atoms with Gasteiger partial charge in [-0.25, -0.2) is 4.79 Å². The number of ether oxygens (including phenoxy) is 2. The van der Waals surface area contributed by atoms with Gasteiger partial charge in [0.05, 0.1) is 7.11 Å². The lowest BCUT2D eigenvalue weighted by Crippen LogP contribution is -2.49. The highest BCUT2D eigenvalue weighted by Gasteiger charge is 2.48. The number of rotatable bonds is 8. The molecule has 2 atom stereocenters. The summed E-state index contributed by atoms with van der Waals surface area (Å²) in [5, 5.41) is 2.91. The van der Waals surface area contributed by atoms with Crippen molar-refractivity contribution < 1.29 is 19.1 Å². The number of hydrogen-bond acceptors (Lipinski definition) is 4. The van der Waals surface area contributed by atoms with E-state index in [2.05, 4.69) is 17.4 Å². The van der Waals surface area contributed by atoms with Crippen LogP contribution in [0.5, 0.6) is 5.75 Å². The van der Waals surface area contributed by atoms with Gasteiger partial charge in [-0.2, -0.15) is 0 Å². The van der Waals surface area contributed by atoms with E-state index in [9.17, 15) is 9.59 Å². The van der Waals surface area contributed by atoms with Gasteiger partial charge in [0.25, 0.3) is 0 Å². The van der Waals surface area contributed by atoms with Gasteiger partial charge < -0.3 is 19.7 Å². The van der Waals surface area contributed by atoms with E-state index in [0.717, 1.165) is 23.3 Å². The van der Waals surface area contributed by atoms with Crippen LogP contribution >= 0.6 is 0 Å². The van der Waals surface area contributed by atoms with E-state index in [1.807, 2.05) is 77.7 Å². The Morgan fingerprint density at radius 3 is 2.22 bits per heavy atom. The molecular formula is C31H34N2O4. The maximum atomic E-state index is 13.2. The lowest BCUT2D eigenvalue weighted by Gasteiger charge is -2.41. The molecule has 3 aromatic rings. The molecule has 2 amide bonds. The van der Waals surface area contributed by atoms with E-state index >= 15 is 0 Å². The molecule has 1 aliphatic carbocycles. The van der Waals surface area contributed by atoms with Crippen LogP contribution in [0.15, 0.2) is 84.9 Å². The van der Waals surface area contributed by atoms with E-state index < -0.39 is 11.7 Å². The lowest BCUT2D eigenvalue weighted by molar-refractivity contribution is -0.137. The Labute approximate surface area is 218 Å². The van der Waals surface area contributed by atoms with Crippen molar-refractivity contribution in [2.75, 3.05) is 26.7 Å². The van der Waals surface area contributed by atoms with Crippen LogP contribution in [0.3, 0.4) is 0 Å². The minimum atomic E-state index is -0.745. The second-order valence-corrected chi connectivity index (χ2v) is 9.96. The highest BCUT2D eigenvalue weighted by molar-refractivity contribution is 5.83. The van der Waals surface area contributed by atoms with E-state index in [1.165, 1.54) is 5.56 Å². The molecule has 1 saturated carbocycles. The number of nitrogens with one attached hydrogen (secondary N) is 1. The second-order valence-electron chi connectivity index (χ2n) is 9.96. The summed E-state index contributed by atoms with van der Waals surface area (Å²) in [6.07, 6.45) is 2.35. The first kappa shape index (κ1) is 24.9. The van der Waals surface area contributed by atoms with E-state index in [4.69, 9.17) is 9.47 Å². The molecule has 5 rings (SSSR count). The first-order valence-corrected chi connectivity index (χ1v) is 13.1. The van der Waals surface area contributed by atoms with Gasteiger partial charge in [0.15, 0.2) is 0 Å². The van der Waals surface area contributed by atoms with Crippen molar-refractivity contribution in [3.05, 3.63) is 102 Å². The Kier molecular flexibility index (Phi) is 7.45. The summed E-state index contributed by atoms with van der Waals surface area (Å²) in [7, 11) is 1.64. The molecule has 192 valence electrons. The van der Waals surface area contributed by atoms with Crippen LogP contribution in [0.4, 0.5) is 4.79 Å². The maximum Gasteiger partial charge on any atom is 0.408 e. The molecule has 1 saturated heterocycles. The van der Waals surface area contributed by atoms with Crippen LogP contribution in [-0.2, 0) is 21.6 Å². The fourth-order valence-electron chi connectivity index (χ4n) is 5.37. The summed E-state index contributed by atoms with van der Waals surface area (Å²) in [6.45, 7) is 1.62. The quantitative estimate of drug-likeness (QED) is 0.459. The molecule has 0 spiro atoms. The Morgan fingerprint density at radius 1 is 0.919 bits per heavy atom. The molecule has 2 aliphatic rings. The number of piperidine rings is 1. The van der Waals surface area contributed by atoms with Crippen LogP contribution in [0.25, 0.3) is 0 Å². The lowest BCUT2D eigenvalue weighted by atomic mass is 9.84. The van der Waals surface area contributed by atoms with Gasteiger partial charge in [-0.3, -0.25) is 4.79 Å². The van der Waals surface area contributed by atoms with Gasteiger partial charge in [-0.15, -0.1) is 0 Å². The molecule has 1 aliphatic heterocycles. The van der Waals surface area contributed by atoms with Crippen LogP contribution in [-0.4, -0.2) is 43.6 Å². The largest absolute Gasteiger partial charge is 0.497 e. The van der Waals surface area contributed by atoms with Gasteiger partial charge in [0.2, 0.25) is 5.91 Å². The molecular weight excluding hydrogens is 464 g/mol. The van der Waals surface area contributed by atoms with Crippen LogP contribution < -0.4 is 10.1 Å². The second kappa shape index (κ2) is 11.1. The van der Waals surface area contributed by atoms with Crippen molar-refractivity contribution in [2.24, 2.45) is 5.92 Å². The summed E-state index contributed by atoms with van der Waals surface area (Å²) in [4.78, 5) is 28.1. The van der Waals surface area contributed by atoms with Gasteiger partial charge in [-0.05, 0) is 47.6 Å². The average molecular weight is 499 g/mol. The number of nitrogens with zero attached hydrogens (tertiary/aromatic N) is 1. The number of carbonyl (C=O) groups is 2. The Hall–Kier alpha value is -3.80. The molecule has 1 heterocycles. The molecule has 0 aromatic heterocycles. The number of methoxy groups -OCH3 is 1. The van der Waals surface area contributed by atoms with Crippen molar-refractivity contribution >= 4 is 12.0 Å². The molecule has 2 fully saturated rings. The third-order valence-corrected chi connectivity index (χ3v) is 7.65. The number of amides is 2. The number of carbonyl (C=O) groups excluding carboxylic acids is 2. The third kappa shape index (κ3) is 5.79. The van der Waals surface area contributed by atoms with E-state index in [1.54, 1.807) is 7.11 Å². The molecule has 37 heavy (non-hydrogen) atoms. The number of benzene rings is 3. The number of alkyl carbamates (subject to hydrolysis) is 1. The maximum absolute atomic E-state index is 13.2. The fraction of sp³-hybridized carbons (Fsp3) is 0.355. The highest BCUT2D eigenvalue weighted by Crippen LogP contribution is 2.49. The van der Waals surface area contributed by atoms with Crippen molar-refractivity contribution in [3.63, 3.8) is 0 Å². The predicted molar refractivity (Wildman–Crippen MR) is 142 cm³/mol. The normalized spacial score (nSPS) is 20.1. The zero-order valence-corrected chi connectivity index (χ0v) is 21.3. The van der Waals surface area contributed by atoms with Crippen LogP contribution in [0.2, 0.25) is 0 Å². The number of hydrogen-bond donors (Lipinski definition) is 1. The van der Waals surface area contributed by atoms with Crippen molar-refractivity contribution in [1.29, 1.82) is 0 Å². The predicted octanol–water partition coefficient (Wildman–Crippen LogP) is 5.29. The minimum absolute atomic E-state index is 0.0637. The van der Waals surface area contributed by atoms with Gasteiger partial charge in [-0.1, -0.05) is 72.8 Å². The molecule has 0 radical (unpaired) electrons. The van der Waals surface area contributed by atoms with E-state index in [0.29, 0.717) is 44.8 Å². The summed E-state index contributed by atoms with van der Waals surface area (Å²) in [6, 6.07) is 28.0. The fourth-order valence-corrected chi connectivity index (χ4v) is 5.37. The number of likely N-dealkylation sites (tertiary alicyclic amines) is 1. The van der Waals surface area contributed by atoms with Gasteiger partial charge in [0.1, 0.15) is 11.4 Å². The average Bonchev–Trinajstić information content (AvgIpc) is 3.76. The molecule has 6 nitrogen and oxygen atoms in total. The highest BCUT2D eigenvalue weighted by atomic mass is 16.6.